The number of nitrogens with zero attached hydrogens (tertiary/aromatic N) is 3. The number of hydrogen-bond donors (Lipinski definition) is 0. The van der Waals surface area contributed by atoms with E-state index in [1.807, 2.05) is 0 Å². The highest BCUT2D eigenvalue weighted by molar-refractivity contribution is 7.87. The summed E-state index contributed by atoms with van der Waals surface area (Å²) in [4.78, 5) is 4.15. The van der Waals surface area contributed by atoms with Gasteiger partial charge in [0.25, 0.3) is 0 Å². The van der Waals surface area contributed by atoms with Gasteiger partial charge in [-0.3, -0.25) is 4.98 Å². The van der Waals surface area contributed by atoms with Crippen molar-refractivity contribution in [2.75, 3.05) is 0 Å². The molecule has 0 aliphatic rings. The Kier molecular flexibility index (Phi) is 4.74. The minimum Gasteiger partial charge on any atom is -0.358 e. The molecule has 0 fully saturated rings. The summed E-state index contributed by atoms with van der Waals surface area (Å²) in [6.45, 7) is 1.72. The second-order valence-corrected chi connectivity index (χ2v) is 8.36. The van der Waals surface area contributed by atoms with Crippen LogP contribution in [0.3, 0.4) is 0 Å². The molecule has 0 radical (unpaired) electrons. The first-order chi connectivity index (χ1) is 13.3. The van der Waals surface area contributed by atoms with Crippen molar-refractivity contribution >= 4 is 44.2 Å². The van der Waals surface area contributed by atoms with Crippen LogP contribution in [0.4, 0.5) is 0 Å². The third-order valence-electron chi connectivity index (χ3n) is 4.00. The number of aromatic nitrogens is 3. The third kappa shape index (κ3) is 3.44. The second-order valence-electron chi connectivity index (χ2n) is 6.00. The Labute approximate surface area is 171 Å². The number of benzene rings is 2. The van der Waals surface area contributed by atoms with Crippen LogP contribution in [0.25, 0.3) is 16.6 Å². The van der Waals surface area contributed by atoms with E-state index >= 15 is 0 Å². The lowest BCUT2D eigenvalue weighted by Crippen LogP contribution is -2.13. The topological polar surface area (TPSA) is 74.1 Å². The van der Waals surface area contributed by atoms with Crippen LogP contribution in [0.2, 0.25) is 10.0 Å². The minimum absolute atomic E-state index is 0.00894. The number of pyridine rings is 1. The van der Waals surface area contributed by atoms with Gasteiger partial charge in [0.05, 0.1) is 21.9 Å². The molecule has 0 atom stereocenters. The first-order valence-electron chi connectivity index (χ1n) is 8.15. The second kappa shape index (κ2) is 7.09. The van der Waals surface area contributed by atoms with Gasteiger partial charge in [-0.1, -0.05) is 41.4 Å². The van der Waals surface area contributed by atoms with Gasteiger partial charge in [0.15, 0.2) is 0 Å². The van der Waals surface area contributed by atoms with Crippen molar-refractivity contribution in [2.24, 2.45) is 0 Å². The zero-order chi connectivity index (χ0) is 19.9. The highest BCUT2D eigenvalue weighted by atomic mass is 35.5. The zero-order valence-corrected chi connectivity index (χ0v) is 16.8. The Morgan fingerprint density at radius 3 is 2.61 bits per heavy atom. The van der Waals surface area contributed by atoms with E-state index in [1.165, 1.54) is 23.0 Å². The van der Waals surface area contributed by atoms with Crippen molar-refractivity contribution in [1.82, 2.24) is 14.8 Å². The van der Waals surface area contributed by atoms with E-state index in [0.29, 0.717) is 32.3 Å². The maximum atomic E-state index is 13.0. The number of halogens is 2. The van der Waals surface area contributed by atoms with Crippen molar-refractivity contribution in [1.29, 1.82) is 0 Å². The van der Waals surface area contributed by atoms with Gasteiger partial charge in [-0.05, 0) is 37.3 Å². The molecular weight excluding hydrogens is 421 g/mol. The van der Waals surface area contributed by atoms with Crippen LogP contribution in [0.5, 0.6) is 5.88 Å². The molecule has 4 rings (SSSR count). The van der Waals surface area contributed by atoms with Crippen molar-refractivity contribution in [3.05, 3.63) is 76.5 Å². The average Bonchev–Trinajstić information content (AvgIpc) is 3.00. The Bertz CT molecular complexity index is 1300. The molecule has 6 nitrogen and oxygen atoms in total. The van der Waals surface area contributed by atoms with E-state index in [4.69, 9.17) is 27.4 Å². The summed E-state index contributed by atoms with van der Waals surface area (Å²) >= 11 is 12.2. The fourth-order valence-electron chi connectivity index (χ4n) is 2.80. The summed E-state index contributed by atoms with van der Waals surface area (Å²) in [6, 6.07) is 14.7. The Balaban J connectivity index is 1.81. The van der Waals surface area contributed by atoms with E-state index in [2.05, 4.69) is 10.1 Å². The molecule has 28 heavy (non-hydrogen) atoms. The molecular formula is C19H13Cl2N3O3S. The molecule has 0 aliphatic carbocycles. The predicted molar refractivity (Wildman–Crippen MR) is 108 cm³/mol. The molecule has 0 saturated heterocycles. The average molecular weight is 434 g/mol. The SMILES string of the molecule is Cc1cc(OS(=O)(=O)c2cccc3cccnc23)n(-c2ccc(Cl)cc2Cl)n1. The molecule has 9 heteroatoms. The smallest absolute Gasteiger partial charge is 0.342 e. The normalized spacial score (nSPS) is 11.7. The molecule has 4 aromatic rings. The lowest BCUT2D eigenvalue weighted by atomic mass is 10.2. The number of para-hydroxylation sites is 1. The van der Waals surface area contributed by atoms with Crippen molar-refractivity contribution < 1.29 is 12.6 Å². The monoisotopic (exact) mass is 433 g/mol. The highest BCUT2D eigenvalue weighted by Gasteiger charge is 2.24. The van der Waals surface area contributed by atoms with Gasteiger partial charge >= 0.3 is 10.1 Å². The van der Waals surface area contributed by atoms with Crippen LogP contribution in [0.15, 0.2) is 65.7 Å². The summed E-state index contributed by atoms with van der Waals surface area (Å²) in [5.74, 6) is 0.00894. The van der Waals surface area contributed by atoms with Gasteiger partial charge in [0.1, 0.15) is 4.90 Å². The fourth-order valence-corrected chi connectivity index (χ4v) is 4.37. The molecule has 2 aromatic heterocycles. The van der Waals surface area contributed by atoms with Gasteiger partial charge in [-0.25, -0.2) is 0 Å². The molecule has 142 valence electrons. The predicted octanol–water partition coefficient (Wildman–Crippen LogP) is 4.80. The zero-order valence-electron chi connectivity index (χ0n) is 14.5. The first-order valence-corrected chi connectivity index (χ1v) is 10.3. The van der Waals surface area contributed by atoms with Crippen LogP contribution in [0, 0.1) is 6.92 Å². The maximum Gasteiger partial charge on any atom is 0.342 e. The summed E-state index contributed by atoms with van der Waals surface area (Å²) in [5, 5.41) is 5.75. The van der Waals surface area contributed by atoms with E-state index in [0.717, 1.165) is 0 Å². The molecule has 0 spiro atoms. The number of aryl methyl sites for hydroxylation is 1. The lowest BCUT2D eigenvalue weighted by molar-refractivity contribution is 0.465. The summed E-state index contributed by atoms with van der Waals surface area (Å²) in [7, 11) is -4.17. The minimum atomic E-state index is -4.17. The van der Waals surface area contributed by atoms with E-state index in [-0.39, 0.29) is 10.8 Å². The number of hydrogen-bond acceptors (Lipinski definition) is 5. The largest absolute Gasteiger partial charge is 0.358 e. The van der Waals surface area contributed by atoms with Gasteiger partial charge in [-0.15, -0.1) is 0 Å². The van der Waals surface area contributed by atoms with Gasteiger partial charge in [0.2, 0.25) is 5.88 Å². The van der Waals surface area contributed by atoms with Crippen molar-refractivity contribution in [3.63, 3.8) is 0 Å². The van der Waals surface area contributed by atoms with Crippen LogP contribution in [-0.4, -0.2) is 23.2 Å². The van der Waals surface area contributed by atoms with Crippen LogP contribution < -0.4 is 4.18 Å². The number of fused-ring (bicyclic) bond motifs is 1. The Morgan fingerprint density at radius 2 is 1.82 bits per heavy atom. The quantitative estimate of drug-likeness (QED) is 0.432. The third-order valence-corrected chi connectivity index (χ3v) is 5.79. The van der Waals surface area contributed by atoms with Crippen LogP contribution >= 0.6 is 23.2 Å². The molecule has 0 amide bonds. The van der Waals surface area contributed by atoms with Gasteiger partial charge in [-0.2, -0.15) is 18.2 Å². The van der Waals surface area contributed by atoms with E-state index in [1.54, 1.807) is 49.4 Å². The maximum absolute atomic E-state index is 13.0. The molecule has 0 saturated carbocycles. The summed E-state index contributed by atoms with van der Waals surface area (Å²) in [5.41, 5.74) is 1.34. The summed E-state index contributed by atoms with van der Waals surface area (Å²) in [6.07, 6.45) is 1.53. The summed E-state index contributed by atoms with van der Waals surface area (Å²) < 4.78 is 32.7. The number of rotatable bonds is 4. The molecule has 2 aromatic carbocycles. The van der Waals surface area contributed by atoms with E-state index < -0.39 is 10.1 Å². The molecule has 0 unspecified atom stereocenters. The van der Waals surface area contributed by atoms with Gasteiger partial charge in [0, 0.05) is 22.7 Å². The van der Waals surface area contributed by atoms with Crippen molar-refractivity contribution in [2.45, 2.75) is 11.8 Å². The fraction of sp³-hybridized carbons (Fsp3) is 0.0526. The van der Waals surface area contributed by atoms with E-state index in [9.17, 15) is 8.42 Å². The molecule has 2 heterocycles. The molecule has 0 aliphatic heterocycles. The Hall–Kier alpha value is -2.61. The standard InChI is InChI=1S/C19H13Cl2N3O3S/c1-12-10-18(24(23-12)16-8-7-14(20)11-15(16)21)27-28(25,26)17-6-2-4-13-5-3-9-22-19(13)17/h2-11H,1H3. The molecule has 0 N–H and O–H groups in total. The molecule has 0 bridgehead atoms. The Morgan fingerprint density at radius 1 is 1.04 bits per heavy atom. The first kappa shape index (κ1) is 18.7. The van der Waals surface area contributed by atoms with Crippen molar-refractivity contribution in [3.8, 4) is 11.6 Å². The van der Waals surface area contributed by atoms with Gasteiger partial charge < -0.3 is 4.18 Å². The van der Waals surface area contributed by atoms with Crippen LogP contribution in [0.1, 0.15) is 5.69 Å². The lowest BCUT2D eigenvalue weighted by Gasteiger charge is -2.11. The van der Waals surface area contributed by atoms with Crippen LogP contribution in [-0.2, 0) is 10.1 Å². The highest BCUT2D eigenvalue weighted by Crippen LogP contribution is 2.30.